The van der Waals surface area contributed by atoms with Gasteiger partial charge in [0.1, 0.15) is 16.7 Å². The molecule has 1 saturated carbocycles. The zero-order chi connectivity index (χ0) is 29.7. The first kappa shape index (κ1) is 29.4. The fraction of sp³-hybridized carbons (Fsp3) is 0.571. The van der Waals surface area contributed by atoms with Crippen LogP contribution in [-0.2, 0) is 22.8 Å². The van der Waals surface area contributed by atoms with Gasteiger partial charge in [-0.25, -0.2) is 4.21 Å². The van der Waals surface area contributed by atoms with Crippen molar-refractivity contribution >= 4 is 34.2 Å². The van der Waals surface area contributed by atoms with E-state index in [9.17, 15) is 9.00 Å². The topological polar surface area (TPSA) is 61.9 Å². The number of carbonyl (C=O) groups excluding carboxylic acids is 1. The summed E-state index contributed by atoms with van der Waals surface area (Å²) in [5.41, 5.74) is 4.04. The molecule has 5 aliphatic rings. The highest BCUT2D eigenvalue weighted by Crippen LogP contribution is 2.48. The van der Waals surface area contributed by atoms with E-state index in [2.05, 4.69) is 45.7 Å². The smallest absolute Gasteiger partial charge is 0.263 e. The molecule has 230 valence electrons. The van der Waals surface area contributed by atoms with Gasteiger partial charge in [0.25, 0.3) is 5.91 Å². The predicted octanol–water partition coefficient (Wildman–Crippen LogP) is 6.15. The fourth-order valence-corrected chi connectivity index (χ4v) is 9.21. The van der Waals surface area contributed by atoms with E-state index in [1.165, 1.54) is 43.5 Å². The second-order valence-electron chi connectivity index (χ2n) is 13.8. The van der Waals surface area contributed by atoms with E-state index in [1.54, 1.807) is 0 Å². The van der Waals surface area contributed by atoms with Crippen molar-refractivity contribution in [3.05, 3.63) is 70.3 Å². The van der Waals surface area contributed by atoms with Gasteiger partial charge in [-0.2, -0.15) is 0 Å². The van der Waals surface area contributed by atoms with Crippen LogP contribution in [0.15, 0.2) is 48.6 Å². The normalized spacial score (nSPS) is 35.0. The van der Waals surface area contributed by atoms with Gasteiger partial charge in [0.05, 0.1) is 17.5 Å². The molecule has 0 aromatic heterocycles. The van der Waals surface area contributed by atoms with Crippen LogP contribution in [0, 0.1) is 23.7 Å². The Balaban J connectivity index is 1.26. The number of rotatable bonds is 2. The number of allylic oxidation sites excluding steroid dienone is 1. The predicted molar refractivity (Wildman–Crippen MR) is 174 cm³/mol. The van der Waals surface area contributed by atoms with E-state index in [0.29, 0.717) is 29.9 Å². The van der Waals surface area contributed by atoms with Crippen molar-refractivity contribution in [1.82, 2.24) is 9.62 Å². The van der Waals surface area contributed by atoms with E-state index in [-0.39, 0.29) is 22.5 Å². The maximum atomic E-state index is 13.4. The third-order valence-corrected chi connectivity index (χ3v) is 13.0. The maximum Gasteiger partial charge on any atom is 0.263 e. The average molecular weight is 622 g/mol. The molecule has 2 aromatic rings. The minimum atomic E-state index is -1.48. The molecule has 3 aliphatic heterocycles. The van der Waals surface area contributed by atoms with E-state index >= 15 is 0 Å². The first-order valence-electron chi connectivity index (χ1n) is 16.2. The van der Waals surface area contributed by atoms with Crippen LogP contribution in [0.25, 0.3) is 0 Å². The molecule has 8 heteroatoms. The molecule has 6 nitrogen and oxygen atoms in total. The van der Waals surface area contributed by atoms with E-state index in [0.717, 1.165) is 55.4 Å². The van der Waals surface area contributed by atoms with Crippen LogP contribution in [0.4, 0.5) is 5.69 Å². The van der Waals surface area contributed by atoms with Crippen molar-refractivity contribution in [3.8, 4) is 5.75 Å². The number of fused-ring (bicyclic) bond motifs is 4. The molecule has 1 spiro atoms. The highest BCUT2D eigenvalue weighted by Gasteiger charge is 2.45. The first-order valence-corrected chi connectivity index (χ1v) is 17.8. The summed E-state index contributed by atoms with van der Waals surface area (Å²) in [6.45, 7) is 10.1. The van der Waals surface area contributed by atoms with Crippen LogP contribution >= 0.6 is 11.6 Å². The summed E-state index contributed by atoms with van der Waals surface area (Å²) in [4.78, 5) is 18.5. The number of nitrogens with one attached hydrogen (secondary N) is 1. The molecule has 2 fully saturated rings. The van der Waals surface area contributed by atoms with Crippen LogP contribution in [0.1, 0.15) is 67.4 Å². The van der Waals surface area contributed by atoms with Crippen molar-refractivity contribution in [2.75, 3.05) is 44.2 Å². The largest absolute Gasteiger partial charge is 0.490 e. The van der Waals surface area contributed by atoms with Gasteiger partial charge in [0, 0.05) is 35.6 Å². The van der Waals surface area contributed by atoms with Crippen LogP contribution in [0.5, 0.6) is 5.75 Å². The molecule has 7 atom stereocenters. The number of halogens is 1. The lowest BCUT2D eigenvalue weighted by Crippen LogP contribution is -2.49. The number of likely N-dealkylation sites (tertiary alicyclic amines) is 1. The minimum absolute atomic E-state index is 0.133. The van der Waals surface area contributed by atoms with Gasteiger partial charge >= 0.3 is 0 Å². The van der Waals surface area contributed by atoms with Crippen LogP contribution in [-0.4, -0.2) is 59.6 Å². The highest BCUT2D eigenvalue weighted by atomic mass is 35.5. The second kappa shape index (κ2) is 11.9. The summed E-state index contributed by atoms with van der Waals surface area (Å²) in [6.07, 6.45) is 11.5. The summed E-state index contributed by atoms with van der Waals surface area (Å²) < 4.78 is 22.7. The van der Waals surface area contributed by atoms with Gasteiger partial charge < -0.3 is 14.5 Å². The van der Waals surface area contributed by atoms with Crippen LogP contribution < -0.4 is 14.4 Å². The minimum Gasteiger partial charge on any atom is -0.490 e. The molecule has 1 amide bonds. The van der Waals surface area contributed by atoms with E-state index < -0.39 is 11.0 Å². The van der Waals surface area contributed by atoms with Gasteiger partial charge in [0.15, 0.2) is 0 Å². The highest BCUT2D eigenvalue weighted by molar-refractivity contribution is 7.84. The number of aryl methyl sites for hydroxylation is 1. The summed E-state index contributed by atoms with van der Waals surface area (Å²) >= 11 is 6.41. The molecular weight excluding hydrogens is 578 g/mol. The monoisotopic (exact) mass is 621 g/mol. The number of benzene rings is 2. The molecule has 7 unspecified atom stereocenters. The maximum absolute atomic E-state index is 13.4. The molecule has 1 N–H and O–H groups in total. The number of hydrogen-bond donors (Lipinski definition) is 1. The Bertz CT molecular complexity index is 1440. The Labute approximate surface area is 263 Å². The number of anilines is 1. The molecule has 43 heavy (non-hydrogen) atoms. The van der Waals surface area contributed by atoms with Crippen molar-refractivity contribution in [3.63, 3.8) is 0 Å². The lowest BCUT2D eigenvalue weighted by atomic mass is 9.66. The van der Waals surface area contributed by atoms with Crippen molar-refractivity contribution in [2.45, 2.75) is 63.0 Å². The van der Waals surface area contributed by atoms with Crippen LogP contribution in [0.3, 0.4) is 0 Å². The van der Waals surface area contributed by atoms with Crippen LogP contribution in [0.2, 0.25) is 5.02 Å². The van der Waals surface area contributed by atoms with Crippen molar-refractivity contribution in [1.29, 1.82) is 0 Å². The van der Waals surface area contributed by atoms with Gasteiger partial charge in [0.2, 0.25) is 0 Å². The third-order valence-electron chi connectivity index (χ3n) is 11.2. The van der Waals surface area contributed by atoms with E-state index in [1.807, 2.05) is 31.2 Å². The summed E-state index contributed by atoms with van der Waals surface area (Å²) in [7, 11) is -1.48. The van der Waals surface area contributed by atoms with Gasteiger partial charge in [-0.15, -0.1) is 0 Å². The number of amides is 1. The zero-order valence-corrected chi connectivity index (χ0v) is 27.0. The third kappa shape index (κ3) is 5.66. The lowest BCUT2D eigenvalue weighted by Gasteiger charge is -2.47. The molecule has 7 rings (SSSR count). The SMILES string of the molecule is CC1C/C=C/C(CN2CCC2)C2CCC2CN2CC3(CCc4cc(Cl)ccc43)COc3ccc(cc32)C(=O)NS(=O)C1C. The molecule has 2 bridgehead atoms. The summed E-state index contributed by atoms with van der Waals surface area (Å²) in [5.74, 6) is 2.47. The Morgan fingerprint density at radius 2 is 2.00 bits per heavy atom. The molecule has 3 heterocycles. The van der Waals surface area contributed by atoms with Gasteiger partial charge in [-0.05, 0) is 124 Å². The van der Waals surface area contributed by atoms with Gasteiger partial charge in [-0.1, -0.05) is 36.7 Å². The Kier molecular flexibility index (Phi) is 8.10. The number of nitrogens with zero attached hydrogens (tertiary/aromatic N) is 2. The molecule has 2 aromatic carbocycles. The Morgan fingerprint density at radius 3 is 2.77 bits per heavy atom. The van der Waals surface area contributed by atoms with Crippen molar-refractivity contribution < 1.29 is 13.7 Å². The molecule has 1 saturated heterocycles. The average Bonchev–Trinajstić information content (AvgIpc) is 3.22. The summed E-state index contributed by atoms with van der Waals surface area (Å²) in [6, 6.07) is 12.1. The molecular formula is C35H44ClN3O3S. The number of ether oxygens (including phenoxy) is 1. The lowest BCUT2D eigenvalue weighted by molar-refractivity contribution is 0.0786. The molecule has 2 aliphatic carbocycles. The second-order valence-corrected chi connectivity index (χ2v) is 15.8. The number of hydrogen-bond acceptors (Lipinski definition) is 5. The first-order chi connectivity index (χ1) is 20.8. The molecule has 0 radical (unpaired) electrons. The van der Waals surface area contributed by atoms with Crippen molar-refractivity contribution in [2.24, 2.45) is 23.7 Å². The zero-order valence-electron chi connectivity index (χ0n) is 25.4. The van der Waals surface area contributed by atoms with E-state index in [4.69, 9.17) is 16.3 Å². The number of carbonyl (C=O) groups is 1. The fourth-order valence-electron chi connectivity index (χ4n) is 8.00. The summed E-state index contributed by atoms with van der Waals surface area (Å²) in [5, 5.41) is 0.636. The van der Waals surface area contributed by atoms with Gasteiger partial charge in [-0.3, -0.25) is 9.52 Å². The Hall–Kier alpha value is -2.35. The standard InChI is InChI=1S/C35H44ClN3O3S/c1-23-5-3-6-27(19-38-15-4-16-38)30-10-7-28(30)20-39-21-35(14-13-25-17-29(36)9-11-31(25)35)22-42-33-12-8-26(18-32(33)39)34(40)37-43(41)24(23)2/h3,6,8-9,11-12,17-18,23-24,27-28,30H,4-5,7,10,13-16,19-22H2,1-2H3,(H,37,40)/b6-3+. The Morgan fingerprint density at radius 1 is 1.14 bits per heavy atom. The quantitative estimate of drug-likeness (QED) is 0.408.